The zero-order chi connectivity index (χ0) is 25.9. The van der Waals surface area contributed by atoms with Gasteiger partial charge in [-0.05, 0) is 123 Å². The molecule has 2 heteroatoms. The molecule has 4 saturated carbocycles. The van der Waals surface area contributed by atoms with Crippen LogP contribution in [-0.2, 0) is 9.53 Å². The quantitative estimate of drug-likeness (QED) is 0.399. The lowest BCUT2D eigenvalue weighted by Crippen LogP contribution is -2.63. The van der Waals surface area contributed by atoms with Gasteiger partial charge in [0.05, 0.1) is 11.2 Å². The predicted molar refractivity (Wildman–Crippen MR) is 145 cm³/mol. The molecule has 1 heterocycles. The van der Waals surface area contributed by atoms with Crippen molar-refractivity contribution in [1.29, 1.82) is 0 Å². The topological polar surface area (TPSA) is 26.3 Å². The molecule has 5 rings (SSSR count). The molecular weight excluding hydrogens is 428 g/mol. The summed E-state index contributed by atoms with van der Waals surface area (Å²) in [5.74, 6) is 3.30. The van der Waals surface area contributed by atoms with Crippen LogP contribution in [0, 0.1) is 50.7 Å². The first-order chi connectivity index (χ1) is 16.0. The van der Waals surface area contributed by atoms with Gasteiger partial charge in [0.2, 0.25) is 0 Å². The van der Waals surface area contributed by atoms with Gasteiger partial charge in [-0.3, -0.25) is 4.79 Å². The number of hydrogen-bond acceptors (Lipinski definition) is 2. The number of hydrogen-bond donors (Lipinski definition) is 0. The van der Waals surface area contributed by atoms with Gasteiger partial charge in [-0.2, -0.15) is 0 Å². The largest absolute Gasteiger partial charge is 0.368 e. The number of Topliss-reactive ketones (excluding diaryl/α,β-unsaturated/α-hetero) is 1. The van der Waals surface area contributed by atoms with E-state index in [1.807, 2.05) is 0 Å². The van der Waals surface area contributed by atoms with Crippen molar-refractivity contribution in [2.75, 3.05) is 0 Å². The number of fused-ring (bicyclic) bond motifs is 5. The second kappa shape index (κ2) is 7.60. The standard InChI is InChI=1S/C33H56O2/c1-11-27(2,3)33(10)21-20-32(9,35-33)23-14-18-30(7)22(23)12-13-25-29(6)17-16-26(34)28(4,5)24(29)15-19-31(25,30)8/h22-25H,11-21H2,1-10H3/t22-,23+,24+,25-,29+,30-,31-,32+,33-/m1/s1. The van der Waals surface area contributed by atoms with E-state index in [1.165, 1.54) is 57.8 Å². The molecule has 0 unspecified atom stereocenters. The molecule has 9 atom stereocenters. The minimum Gasteiger partial charge on any atom is -0.368 e. The zero-order valence-corrected chi connectivity index (χ0v) is 24.9. The summed E-state index contributed by atoms with van der Waals surface area (Å²) in [4.78, 5) is 13.0. The normalized spacial score (nSPS) is 53.7. The summed E-state index contributed by atoms with van der Waals surface area (Å²) in [6.07, 6.45) is 13.5. The first kappa shape index (κ1) is 26.2. The van der Waals surface area contributed by atoms with Gasteiger partial charge in [-0.1, -0.05) is 55.4 Å². The highest BCUT2D eigenvalue weighted by atomic mass is 16.5. The molecule has 4 aliphatic carbocycles. The van der Waals surface area contributed by atoms with Crippen molar-refractivity contribution >= 4 is 5.78 Å². The van der Waals surface area contributed by atoms with E-state index >= 15 is 0 Å². The molecule has 2 nitrogen and oxygen atoms in total. The summed E-state index contributed by atoms with van der Waals surface area (Å²) in [5.41, 5.74) is 1.17. The third-order valence-electron chi connectivity index (χ3n) is 14.8. The molecule has 0 amide bonds. The monoisotopic (exact) mass is 484 g/mol. The van der Waals surface area contributed by atoms with Crippen LogP contribution in [0.25, 0.3) is 0 Å². The average Bonchev–Trinajstić information content (AvgIpc) is 3.30. The van der Waals surface area contributed by atoms with Crippen LogP contribution in [0.15, 0.2) is 0 Å². The summed E-state index contributed by atoms with van der Waals surface area (Å²) < 4.78 is 7.25. The van der Waals surface area contributed by atoms with Crippen LogP contribution in [0.5, 0.6) is 0 Å². The second-order valence-electron chi connectivity index (χ2n) is 16.3. The molecular formula is C33H56O2. The highest BCUT2D eigenvalue weighted by Gasteiger charge is 2.70. The maximum Gasteiger partial charge on any atom is 0.138 e. The zero-order valence-electron chi connectivity index (χ0n) is 24.9. The molecule has 0 bridgehead atoms. The molecule has 1 saturated heterocycles. The molecule has 0 N–H and O–H groups in total. The van der Waals surface area contributed by atoms with Crippen LogP contribution in [0.2, 0.25) is 0 Å². The Morgan fingerprint density at radius 2 is 1.43 bits per heavy atom. The summed E-state index contributed by atoms with van der Waals surface area (Å²) in [6, 6.07) is 0. The molecule has 0 aromatic heterocycles. The fraction of sp³-hybridized carbons (Fsp3) is 0.970. The Labute approximate surface area is 217 Å². The predicted octanol–water partition coefficient (Wildman–Crippen LogP) is 9.00. The first-order valence-corrected chi connectivity index (χ1v) is 15.2. The summed E-state index contributed by atoms with van der Waals surface area (Å²) >= 11 is 0. The summed E-state index contributed by atoms with van der Waals surface area (Å²) in [7, 11) is 0. The second-order valence-corrected chi connectivity index (χ2v) is 16.3. The van der Waals surface area contributed by atoms with Crippen molar-refractivity contribution in [3.63, 3.8) is 0 Å². The summed E-state index contributed by atoms with van der Waals surface area (Å²) in [5, 5.41) is 0. The smallest absolute Gasteiger partial charge is 0.138 e. The molecule has 0 aromatic carbocycles. The van der Waals surface area contributed by atoms with E-state index in [0.29, 0.717) is 33.9 Å². The van der Waals surface area contributed by atoms with Gasteiger partial charge in [0, 0.05) is 11.8 Å². The highest BCUT2D eigenvalue weighted by molar-refractivity contribution is 5.85. The molecule has 0 spiro atoms. The number of rotatable bonds is 3. The number of ether oxygens (including phenoxy) is 1. The molecule has 200 valence electrons. The Morgan fingerprint density at radius 3 is 2.09 bits per heavy atom. The highest BCUT2D eigenvalue weighted by Crippen LogP contribution is 2.76. The van der Waals surface area contributed by atoms with Crippen molar-refractivity contribution in [3.05, 3.63) is 0 Å². The molecule has 5 aliphatic rings. The molecule has 5 fully saturated rings. The van der Waals surface area contributed by atoms with Crippen LogP contribution in [0.3, 0.4) is 0 Å². The lowest BCUT2D eigenvalue weighted by molar-refractivity contribution is -0.214. The Balaban J connectivity index is 1.45. The Morgan fingerprint density at radius 1 is 0.771 bits per heavy atom. The van der Waals surface area contributed by atoms with Crippen molar-refractivity contribution < 1.29 is 9.53 Å². The van der Waals surface area contributed by atoms with Crippen molar-refractivity contribution in [2.24, 2.45) is 50.7 Å². The van der Waals surface area contributed by atoms with E-state index in [0.717, 1.165) is 24.7 Å². The molecule has 35 heavy (non-hydrogen) atoms. The first-order valence-electron chi connectivity index (χ1n) is 15.2. The Bertz CT molecular complexity index is 888. The minimum absolute atomic E-state index is 0.0116. The fourth-order valence-corrected chi connectivity index (χ4v) is 11.5. The SMILES string of the molecule is CCC(C)(C)[C@@]1(C)CC[C@@](C)([C@H]2CC[C@]3(C)[C@@H]2CC[C@@H]2[C@@]4(C)CCC(=O)C(C)(C)[C@@H]4CC[C@]23C)O1. The van der Waals surface area contributed by atoms with E-state index in [-0.39, 0.29) is 22.0 Å². The minimum atomic E-state index is -0.147. The lowest BCUT2D eigenvalue weighted by atomic mass is 9.35. The van der Waals surface area contributed by atoms with Gasteiger partial charge >= 0.3 is 0 Å². The van der Waals surface area contributed by atoms with Gasteiger partial charge in [-0.25, -0.2) is 0 Å². The Kier molecular flexibility index (Phi) is 5.70. The van der Waals surface area contributed by atoms with Crippen LogP contribution in [0.4, 0.5) is 0 Å². The Hall–Kier alpha value is -0.370. The fourth-order valence-electron chi connectivity index (χ4n) is 11.5. The van der Waals surface area contributed by atoms with Gasteiger partial charge < -0.3 is 4.74 Å². The average molecular weight is 485 g/mol. The third kappa shape index (κ3) is 3.19. The van der Waals surface area contributed by atoms with E-state index in [1.54, 1.807) is 0 Å². The lowest BCUT2D eigenvalue weighted by Gasteiger charge is -2.69. The number of ketones is 1. The van der Waals surface area contributed by atoms with E-state index in [2.05, 4.69) is 69.2 Å². The van der Waals surface area contributed by atoms with Crippen LogP contribution in [0.1, 0.15) is 140 Å². The van der Waals surface area contributed by atoms with Gasteiger partial charge in [0.25, 0.3) is 0 Å². The maximum atomic E-state index is 13.0. The molecule has 1 aliphatic heterocycles. The van der Waals surface area contributed by atoms with Crippen molar-refractivity contribution in [1.82, 2.24) is 0 Å². The van der Waals surface area contributed by atoms with Crippen LogP contribution < -0.4 is 0 Å². The van der Waals surface area contributed by atoms with Crippen LogP contribution >= 0.6 is 0 Å². The van der Waals surface area contributed by atoms with Gasteiger partial charge in [-0.15, -0.1) is 0 Å². The molecule has 0 aromatic rings. The third-order valence-corrected chi connectivity index (χ3v) is 14.8. The molecule has 0 radical (unpaired) electrons. The van der Waals surface area contributed by atoms with Gasteiger partial charge in [0.1, 0.15) is 5.78 Å². The van der Waals surface area contributed by atoms with Crippen molar-refractivity contribution in [2.45, 2.75) is 151 Å². The maximum absolute atomic E-state index is 13.0. The van der Waals surface area contributed by atoms with E-state index < -0.39 is 0 Å². The van der Waals surface area contributed by atoms with Gasteiger partial charge in [0.15, 0.2) is 0 Å². The van der Waals surface area contributed by atoms with E-state index in [9.17, 15) is 4.79 Å². The van der Waals surface area contributed by atoms with Crippen LogP contribution in [-0.4, -0.2) is 17.0 Å². The van der Waals surface area contributed by atoms with Crippen molar-refractivity contribution in [3.8, 4) is 0 Å². The number of carbonyl (C=O) groups is 1. The number of carbonyl (C=O) groups excluding carboxylic acids is 1. The summed E-state index contributed by atoms with van der Waals surface area (Å²) in [6.45, 7) is 24.6. The van der Waals surface area contributed by atoms with E-state index in [4.69, 9.17) is 4.74 Å².